The predicted octanol–water partition coefficient (Wildman–Crippen LogP) is 3.81. The van der Waals surface area contributed by atoms with Crippen LogP contribution >= 0.6 is 11.6 Å². The van der Waals surface area contributed by atoms with Gasteiger partial charge in [0.15, 0.2) is 17.5 Å². The normalized spacial score (nSPS) is 11.6. The van der Waals surface area contributed by atoms with E-state index in [-0.39, 0.29) is 16.5 Å². The van der Waals surface area contributed by atoms with E-state index >= 15 is 0 Å². The number of ether oxygens (including phenoxy) is 1. The van der Waals surface area contributed by atoms with Crippen LogP contribution in [0.5, 0.6) is 5.75 Å². The summed E-state index contributed by atoms with van der Waals surface area (Å²) in [6.07, 6.45) is 0. The SMILES string of the molecule is CCOc1ccc(S(=O)(=O)N(CC)CC(=O)Nc2ccc(F)c(F)c2F)cc1Cl. The smallest absolute Gasteiger partial charge is 0.243 e. The third-order valence-corrected chi connectivity index (χ3v) is 6.04. The lowest BCUT2D eigenvalue weighted by Crippen LogP contribution is -2.38. The number of sulfonamides is 1. The number of likely N-dealkylation sites (N-methyl/N-ethyl adjacent to an activating group) is 1. The summed E-state index contributed by atoms with van der Waals surface area (Å²) in [5, 5.41) is 2.11. The molecular formula is C18H18ClF3N2O4S. The molecule has 2 rings (SSSR count). The molecular weight excluding hydrogens is 433 g/mol. The van der Waals surface area contributed by atoms with Crippen molar-refractivity contribution in [2.45, 2.75) is 18.7 Å². The summed E-state index contributed by atoms with van der Waals surface area (Å²) in [6, 6.07) is 5.34. The lowest BCUT2D eigenvalue weighted by atomic mass is 10.2. The number of hydrogen-bond acceptors (Lipinski definition) is 4. The average molecular weight is 451 g/mol. The Morgan fingerprint density at radius 1 is 1.14 bits per heavy atom. The van der Waals surface area contributed by atoms with Crippen LogP contribution in [0.1, 0.15) is 13.8 Å². The van der Waals surface area contributed by atoms with Crippen molar-refractivity contribution in [1.82, 2.24) is 4.31 Å². The zero-order valence-electron chi connectivity index (χ0n) is 15.5. The standard InChI is InChI=1S/C18H18ClF3N2O4S/c1-3-24(10-16(25)23-14-7-6-13(20)17(21)18(14)22)29(26,27)11-5-8-15(28-4-2)12(19)9-11/h5-9H,3-4,10H2,1-2H3,(H,23,25). The van der Waals surface area contributed by atoms with Gasteiger partial charge in [0.1, 0.15) is 5.75 Å². The van der Waals surface area contributed by atoms with Gasteiger partial charge in [0.2, 0.25) is 15.9 Å². The first-order chi connectivity index (χ1) is 13.6. The van der Waals surface area contributed by atoms with Gasteiger partial charge in [-0.1, -0.05) is 18.5 Å². The molecule has 0 aliphatic carbocycles. The Hall–Kier alpha value is -2.30. The molecule has 1 amide bonds. The van der Waals surface area contributed by atoms with Crippen LogP contribution in [-0.4, -0.2) is 38.3 Å². The lowest BCUT2D eigenvalue weighted by molar-refractivity contribution is -0.116. The Bertz CT molecular complexity index is 1020. The number of nitrogens with zero attached hydrogens (tertiary/aromatic N) is 1. The number of amides is 1. The summed E-state index contributed by atoms with van der Waals surface area (Å²) >= 11 is 6.03. The Balaban J connectivity index is 2.21. The zero-order chi connectivity index (χ0) is 21.8. The molecule has 11 heteroatoms. The van der Waals surface area contributed by atoms with Crippen molar-refractivity contribution in [2.24, 2.45) is 0 Å². The number of nitrogens with one attached hydrogen (secondary N) is 1. The maximum atomic E-state index is 13.7. The van der Waals surface area contributed by atoms with Crippen LogP contribution in [0.15, 0.2) is 35.2 Å². The van der Waals surface area contributed by atoms with Gasteiger partial charge in [-0.25, -0.2) is 21.6 Å². The molecule has 158 valence electrons. The minimum Gasteiger partial charge on any atom is -0.492 e. The molecule has 0 aliphatic rings. The molecule has 0 aliphatic heterocycles. The van der Waals surface area contributed by atoms with Gasteiger partial charge in [0.05, 0.1) is 28.8 Å². The van der Waals surface area contributed by atoms with Crippen LogP contribution in [0.25, 0.3) is 0 Å². The van der Waals surface area contributed by atoms with E-state index in [0.717, 1.165) is 10.4 Å². The second kappa shape index (κ2) is 9.47. The molecule has 0 aromatic heterocycles. The van der Waals surface area contributed by atoms with Crippen molar-refractivity contribution >= 4 is 33.2 Å². The Morgan fingerprint density at radius 3 is 2.41 bits per heavy atom. The third kappa shape index (κ3) is 5.20. The minimum absolute atomic E-state index is 0.0808. The fourth-order valence-corrected chi connectivity index (χ4v) is 4.13. The molecule has 6 nitrogen and oxygen atoms in total. The number of halogens is 4. The van der Waals surface area contributed by atoms with Gasteiger partial charge in [0, 0.05) is 6.54 Å². The number of benzene rings is 2. The van der Waals surface area contributed by atoms with Gasteiger partial charge < -0.3 is 10.1 Å². The van der Waals surface area contributed by atoms with E-state index in [9.17, 15) is 26.4 Å². The molecule has 0 heterocycles. The number of hydrogen-bond donors (Lipinski definition) is 1. The molecule has 29 heavy (non-hydrogen) atoms. The predicted molar refractivity (Wildman–Crippen MR) is 102 cm³/mol. The maximum Gasteiger partial charge on any atom is 0.243 e. The van der Waals surface area contributed by atoms with Crippen molar-refractivity contribution < 1.29 is 31.1 Å². The van der Waals surface area contributed by atoms with E-state index in [1.165, 1.54) is 25.1 Å². The van der Waals surface area contributed by atoms with Gasteiger partial charge >= 0.3 is 0 Å². The van der Waals surface area contributed by atoms with Crippen molar-refractivity contribution in [3.05, 3.63) is 52.8 Å². The van der Waals surface area contributed by atoms with E-state index in [4.69, 9.17) is 16.3 Å². The molecule has 0 bridgehead atoms. The van der Waals surface area contributed by atoms with E-state index in [2.05, 4.69) is 0 Å². The van der Waals surface area contributed by atoms with Crippen LogP contribution in [0.2, 0.25) is 5.02 Å². The van der Waals surface area contributed by atoms with Gasteiger partial charge in [-0.3, -0.25) is 4.79 Å². The summed E-state index contributed by atoms with van der Waals surface area (Å²) in [4.78, 5) is 12.0. The topological polar surface area (TPSA) is 75.7 Å². The Kier molecular flexibility index (Phi) is 7.50. The van der Waals surface area contributed by atoms with Crippen LogP contribution in [0.3, 0.4) is 0 Å². The number of anilines is 1. The highest BCUT2D eigenvalue weighted by molar-refractivity contribution is 7.89. The molecule has 1 N–H and O–H groups in total. The van der Waals surface area contributed by atoms with Crippen molar-refractivity contribution in [1.29, 1.82) is 0 Å². The summed E-state index contributed by atoms with van der Waals surface area (Å²) in [5.74, 6) is -5.36. The van der Waals surface area contributed by atoms with Gasteiger partial charge in [-0.05, 0) is 37.3 Å². The molecule has 2 aromatic rings. The number of carbonyl (C=O) groups excluding carboxylic acids is 1. The summed E-state index contributed by atoms with van der Waals surface area (Å²) in [7, 11) is -4.11. The van der Waals surface area contributed by atoms with E-state index in [1.807, 2.05) is 5.32 Å². The second-order valence-corrected chi connectivity index (χ2v) is 8.07. The quantitative estimate of drug-likeness (QED) is 0.621. The largest absolute Gasteiger partial charge is 0.492 e. The molecule has 0 saturated heterocycles. The average Bonchev–Trinajstić information content (AvgIpc) is 2.68. The van der Waals surface area contributed by atoms with Gasteiger partial charge in [0.25, 0.3) is 0 Å². The highest BCUT2D eigenvalue weighted by Crippen LogP contribution is 2.29. The highest BCUT2D eigenvalue weighted by Gasteiger charge is 2.27. The molecule has 0 unspecified atom stereocenters. The van der Waals surface area contributed by atoms with Crippen molar-refractivity contribution in [3.63, 3.8) is 0 Å². The van der Waals surface area contributed by atoms with Crippen molar-refractivity contribution in [3.8, 4) is 5.75 Å². The van der Waals surface area contributed by atoms with Crippen LogP contribution in [0, 0.1) is 17.5 Å². The summed E-state index contributed by atoms with van der Waals surface area (Å²) in [5.41, 5.74) is -0.605. The Labute approximate surface area is 171 Å². The molecule has 0 spiro atoms. The van der Waals surface area contributed by atoms with Crippen LogP contribution in [0.4, 0.5) is 18.9 Å². The molecule has 2 aromatic carbocycles. The van der Waals surface area contributed by atoms with Crippen LogP contribution in [-0.2, 0) is 14.8 Å². The van der Waals surface area contributed by atoms with Crippen LogP contribution < -0.4 is 10.1 Å². The minimum atomic E-state index is -4.11. The first-order valence-corrected chi connectivity index (χ1v) is 10.3. The fraction of sp³-hybridized carbons (Fsp3) is 0.278. The number of carbonyl (C=O) groups is 1. The zero-order valence-corrected chi connectivity index (χ0v) is 17.1. The molecule has 0 radical (unpaired) electrons. The highest BCUT2D eigenvalue weighted by atomic mass is 35.5. The van der Waals surface area contributed by atoms with Gasteiger partial charge in [-0.2, -0.15) is 4.31 Å². The first kappa shape index (κ1) is 23.0. The van der Waals surface area contributed by atoms with Gasteiger partial charge in [-0.15, -0.1) is 0 Å². The van der Waals surface area contributed by atoms with Crippen molar-refractivity contribution in [2.75, 3.05) is 25.0 Å². The molecule has 0 fully saturated rings. The molecule has 0 saturated carbocycles. The van der Waals surface area contributed by atoms with E-state index in [0.29, 0.717) is 18.4 Å². The fourth-order valence-electron chi connectivity index (χ4n) is 2.40. The maximum absolute atomic E-state index is 13.7. The molecule has 0 atom stereocenters. The third-order valence-electron chi connectivity index (χ3n) is 3.82. The number of rotatable bonds is 8. The monoisotopic (exact) mass is 450 g/mol. The van der Waals surface area contributed by atoms with E-state index < -0.39 is 45.6 Å². The van der Waals surface area contributed by atoms with E-state index in [1.54, 1.807) is 6.92 Å². The Morgan fingerprint density at radius 2 is 1.83 bits per heavy atom. The summed E-state index contributed by atoms with van der Waals surface area (Å²) in [6.45, 7) is 2.82. The lowest BCUT2D eigenvalue weighted by Gasteiger charge is -2.20. The summed E-state index contributed by atoms with van der Waals surface area (Å²) < 4.78 is 71.6. The first-order valence-electron chi connectivity index (χ1n) is 8.47. The second-order valence-electron chi connectivity index (χ2n) is 5.73.